The zero-order valence-corrected chi connectivity index (χ0v) is 12.8. The quantitative estimate of drug-likeness (QED) is 0.852. The number of benzene rings is 1. The van der Waals surface area contributed by atoms with Gasteiger partial charge in [-0.2, -0.15) is 0 Å². The van der Waals surface area contributed by atoms with E-state index in [1.165, 1.54) is 36.8 Å². The number of aryl methyl sites for hydroxylation is 1. The summed E-state index contributed by atoms with van der Waals surface area (Å²) >= 11 is 0. The fourth-order valence-electron chi connectivity index (χ4n) is 3.11. The molecular weight excluding hydrogens is 248 g/mol. The molecule has 0 spiro atoms. The van der Waals surface area contributed by atoms with E-state index in [1.54, 1.807) is 0 Å². The van der Waals surface area contributed by atoms with Crippen molar-refractivity contribution in [2.24, 2.45) is 17.8 Å². The molecule has 0 bridgehead atoms. The van der Waals surface area contributed by atoms with E-state index in [4.69, 9.17) is 4.74 Å². The van der Waals surface area contributed by atoms with Crippen LogP contribution < -0.4 is 0 Å². The van der Waals surface area contributed by atoms with Crippen LogP contribution in [0.4, 0.5) is 0 Å². The summed E-state index contributed by atoms with van der Waals surface area (Å²) in [6.07, 6.45) is 5.11. The molecule has 1 aromatic rings. The van der Waals surface area contributed by atoms with Gasteiger partial charge in [-0.25, -0.2) is 0 Å². The van der Waals surface area contributed by atoms with Crippen LogP contribution in [0, 0.1) is 24.7 Å². The standard InChI is InChI=1S/C18H28O2/c1-14-3-7-16(8-4-14)12-20-13-18(11-19)17-9-5-15(2)6-10-17/h3-4,7-8,15,17-19H,5-6,9-13H2,1-2H3. The normalized spacial score (nSPS) is 24.6. The van der Waals surface area contributed by atoms with Gasteiger partial charge in [0.2, 0.25) is 0 Å². The maximum absolute atomic E-state index is 9.60. The van der Waals surface area contributed by atoms with Crippen molar-refractivity contribution in [1.29, 1.82) is 0 Å². The number of aliphatic hydroxyl groups excluding tert-OH is 1. The molecule has 112 valence electrons. The first-order chi connectivity index (χ1) is 9.69. The van der Waals surface area contributed by atoms with Gasteiger partial charge in [0, 0.05) is 12.5 Å². The summed E-state index contributed by atoms with van der Waals surface area (Å²) in [4.78, 5) is 0. The van der Waals surface area contributed by atoms with E-state index in [9.17, 15) is 5.11 Å². The first-order valence-corrected chi connectivity index (χ1v) is 7.93. The van der Waals surface area contributed by atoms with E-state index in [-0.39, 0.29) is 6.61 Å². The Balaban J connectivity index is 1.74. The van der Waals surface area contributed by atoms with Crippen LogP contribution in [0.2, 0.25) is 0 Å². The molecule has 1 aromatic carbocycles. The minimum absolute atomic E-state index is 0.257. The van der Waals surface area contributed by atoms with Crippen LogP contribution in [-0.2, 0) is 11.3 Å². The first kappa shape index (κ1) is 15.5. The largest absolute Gasteiger partial charge is 0.396 e. The van der Waals surface area contributed by atoms with Crippen molar-refractivity contribution in [3.8, 4) is 0 Å². The van der Waals surface area contributed by atoms with Crippen molar-refractivity contribution in [3.05, 3.63) is 35.4 Å². The second-order valence-electron chi connectivity index (χ2n) is 6.46. The van der Waals surface area contributed by atoms with Gasteiger partial charge in [0.1, 0.15) is 0 Å². The van der Waals surface area contributed by atoms with Crippen LogP contribution in [0.3, 0.4) is 0 Å². The smallest absolute Gasteiger partial charge is 0.0717 e. The molecule has 1 saturated carbocycles. The molecule has 1 unspecified atom stereocenters. The Bertz CT molecular complexity index is 377. The molecule has 0 radical (unpaired) electrons. The summed E-state index contributed by atoms with van der Waals surface area (Å²) < 4.78 is 5.83. The molecule has 1 fully saturated rings. The van der Waals surface area contributed by atoms with Gasteiger partial charge in [0.15, 0.2) is 0 Å². The van der Waals surface area contributed by atoms with E-state index in [0.717, 1.165) is 5.92 Å². The Morgan fingerprint density at radius 3 is 2.40 bits per heavy atom. The lowest BCUT2D eigenvalue weighted by Crippen LogP contribution is -2.27. The highest BCUT2D eigenvalue weighted by Crippen LogP contribution is 2.33. The van der Waals surface area contributed by atoms with Gasteiger partial charge < -0.3 is 9.84 Å². The number of rotatable bonds is 6. The summed E-state index contributed by atoms with van der Waals surface area (Å²) in [5.41, 5.74) is 2.49. The summed E-state index contributed by atoms with van der Waals surface area (Å²) in [5, 5.41) is 9.60. The van der Waals surface area contributed by atoms with Crippen LogP contribution in [-0.4, -0.2) is 18.3 Å². The van der Waals surface area contributed by atoms with Crippen LogP contribution >= 0.6 is 0 Å². The SMILES string of the molecule is Cc1ccc(COCC(CO)C2CCC(C)CC2)cc1. The molecule has 0 amide bonds. The van der Waals surface area contributed by atoms with Gasteiger partial charge in [-0.3, -0.25) is 0 Å². The molecule has 0 aliphatic heterocycles. The van der Waals surface area contributed by atoms with Crippen LogP contribution in [0.25, 0.3) is 0 Å². The Hall–Kier alpha value is -0.860. The fraction of sp³-hybridized carbons (Fsp3) is 0.667. The van der Waals surface area contributed by atoms with Crippen molar-refractivity contribution in [3.63, 3.8) is 0 Å². The predicted molar refractivity (Wildman–Crippen MR) is 82.5 cm³/mol. The molecular formula is C18H28O2. The molecule has 2 heteroatoms. The third-order valence-electron chi connectivity index (χ3n) is 4.68. The lowest BCUT2D eigenvalue weighted by atomic mass is 9.77. The highest BCUT2D eigenvalue weighted by Gasteiger charge is 2.25. The Labute approximate surface area is 123 Å². The average molecular weight is 276 g/mol. The monoisotopic (exact) mass is 276 g/mol. The zero-order chi connectivity index (χ0) is 14.4. The molecule has 0 aromatic heterocycles. The number of ether oxygens (including phenoxy) is 1. The summed E-state index contributed by atoms with van der Waals surface area (Å²) in [7, 11) is 0. The minimum Gasteiger partial charge on any atom is -0.396 e. The summed E-state index contributed by atoms with van der Waals surface area (Å²) in [6.45, 7) is 6.02. The van der Waals surface area contributed by atoms with E-state index in [0.29, 0.717) is 25.0 Å². The van der Waals surface area contributed by atoms with Crippen molar-refractivity contribution in [1.82, 2.24) is 0 Å². The van der Waals surface area contributed by atoms with Gasteiger partial charge in [-0.05, 0) is 37.2 Å². The number of hydrogen-bond donors (Lipinski definition) is 1. The van der Waals surface area contributed by atoms with Crippen molar-refractivity contribution in [2.75, 3.05) is 13.2 Å². The fourth-order valence-corrected chi connectivity index (χ4v) is 3.11. The van der Waals surface area contributed by atoms with Crippen molar-refractivity contribution >= 4 is 0 Å². The van der Waals surface area contributed by atoms with E-state index < -0.39 is 0 Å². The lowest BCUT2D eigenvalue weighted by Gasteiger charge is -2.31. The second kappa shape index (κ2) is 7.80. The molecule has 1 atom stereocenters. The molecule has 1 aliphatic rings. The van der Waals surface area contributed by atoms with E-state index in [2.05, 4.69) is 38.1 Å². The minimum atomic E-state index is 0.257. The van der Waals surface area contributed by atoms with Crippen molar-refractivity contribution in [2.45, 2.75) is 46.1 Å². The number of hydrogen-bond acceptors (Lipinski definition) is 2. The van der Waals surface area contributed by atoms with E-state index >= 15 is 0 Å². The molecule has 2 rings (SSSR count). The Morgan fingerprint density at radius 1 is 1.15 bits per heavy atom. The maximum atomic E-state index is 9.60. The first-order valence-electron chi connectivity index (χ1n) is 7.93. The second-order valence-corrected chi connectivity index (χ2v) is 6.46. The number of aliphatic hydroxyl groups is 1. The topological polar surface area (TPSA) is 29.5 Å². The highest BCUT2D eigenvalue weighted by molar-refractivity contribution is 5.20. The molecule has 20 heavy (non-hydrogen) atoms. The van der Waals surface area contributed by atoms with Gasteiger partial charge in [-0.15, -0.1) is 0 Å². The Kier molecular flexibility index (Phi) is 6.06. The predicted octanol–water partition coefficient (Wildman–Crippen LogP) is 3.95. The molecule has 1 N–H and O–H groups in total. The van der Waals surface area contributed by atoms with Crippen LogP contribution in [0.5, 0.6) is 0 Å². The summed E-state index contributed by atoms with van der Waals surface area (Å²) in [5.74, 6) is 1.82. The molecule has 2 nitrogen and oxygen atoms in total. The van der Waals surface area contributed by atoms with Crippen LogP contribution in [0.1, 0.15) is 43.7 Å². The lowest BCUT2D eigenvalue weighted by molar-refractivity contribution is 0.0256. The Morgan fingerprint density at radius 2 is 1.80 bits per heavy atom. The third kappa shape index (κ3) is 4.60. The average Bonchev–Trinajstić information content (AvgIpc) is 2.47. The third-order valence-corrected chi connectivity index (χ3v) is 4.68. The van der Waals surface area contributed by atoms with Gasteiger partial charge in [-0.1, -0.05) is 49.6 Å². The summed E-state index contributed by atoms with van der Waals surface area (Å²) in [6, 6.07) is 8.46. The van der Waals surface area contributed by atoms with E-state index in [1.807, 2.05) is 0 Å². The van der Waals surface area contributed by atoms with Gasteiger partial charge >= 0.3 is 0 Å². The van der Waals surface area contributed by atoms with Crippen LogP contribution in [0.15, 0.2) is 24.3 Å². The molecule has 0 saturated heterocycles. The van der Waals surface area contributed by atoms with Gasteiger partial charge in [0.25, 0.3) is 0 Å². The highest BCUT2D eigenvalue weighted by atomic mass is 16.5. The maximum Gasteiger partial charge on any atom is 0.0717 e. The van der Waals surface area contributed by atoms with Gasteiger partial charge in [0.05, 0.1) is 13.2 Å². The molecule has 0 heterocycles. The zero-order valence-electron chi connectivity index (χ0n) is 12.8. The molecule has 1 aliphatic carbocycles. The van der Waals surface area contributed by atoms with Crippen molar-refractivity contribution < 1.29 is 9.84 Å².